The third-order valence-corrected chi connectivity index (χ3v) is 4.33. The predicted molar refractivity (Wildman–Crippen MR) is 87.7 cm³/mol. The van der Waals surface area contributed by atoms with Gasteiger partial charge in [0.05, 0.1) is 12.6 Å². The van der Waals surface area contributed by atoms with Crippen LogP contribution in [0.4, 0.5) is 0 Å². The smallest absolute Gasteiger partial charge is 0.234 e. The number of hydrogen-bond donors (Lipinski definition) is 1. The molecule has 2 atom stereocenters. The van der Waals surface area contributed by atoms with Crippen molar-refractivity contribution in [2.75, 3.05) is 19.6 Å². The van der Waals surface area contributed by atoms with Crippen molar-refractivity contribution < 1.29 is 9.59 Å². The zero-order valence-electron chi connectivity index (χ0n) is 13.7. The normalized spacial score (nSPS) is 20.1. The maximum atomic E-state index is 12.2. The van der Waals surface area contributed by atoms with Gasteiger partial charge >= 0.3 is 0 Å². The second-order valence-electron chi connectivity index (χ2n) is 6.53. The molecule has 4 nitrogen and oxygen atoms in total. The van der Waals surface area contributed by atoms with E-state index < -0.39 is 0 Å². The molecular weight excluding hydrogens is 276 g/mol. The monoisotopic (exact) mass is 302 g/mol. The third kappa shape index (κ3) is 4.41. The van der Waals surface area contributed by atoms with Gasteiger partial charge in [-0.15, -0.1) is 0 Å². The van der Waals surface area contributed by atoms with Gasteiger partial charge in [-0.05, 0) is 37.3 Å². The molecule has 1 amide bonds. The Morgan fingerprint density at radius 3 is 2.55 bits per heavy atom. The molecule has 1 fully saturated rings. The Morgan fingerprint density at radius 1 is 1.27 bits per heavy atom. The van der Waals surface area contributed by atoms with Crippen molar-refractivity contribution >= 4 is 11.7 Å². The van der Waals surface area contributed by atoms with Crippen LogP contribution in [0.2, 0.25) is 0 Å². The van der Waals surface area contributed by atoms with Crippen LogP contribution in [0.3, 0.4) is 0 Å². The lowest BCUT2D eigenvalue weighted by atomic mass is 9.99. The lowest BCUT2D eigenvalue weighted by Crippen LogP contribution is -2.47. The molecule has 1 N–H and O–H groups in total. The topological polar surface area (TPSA) is 49.4 Å². The summed E-state index contributed by atoms with van der Waals surface area (Å²) in [5.41, 5.74) is 1.34. The van der Waals surface area contributed by atoms with Crippen LogP contribution in [0.1, 0.15) is 38.7 Å². The van der Waals surface area contributed by atoms with Crippen molar-refractivity contribution in [3.05, 3.63) is 35.9 Å². The highest BCUT2D eigenvalue weighted by molar-refractivity contribution is 5.88. The van der Waals surface area contributed by atoms with Crippen molar-refractivity contribution in [3.63, 3.8) is 0 Å². The summed E-state index contributed by atoms with van der Waals surface area (Å²) in [4.78, 5) is 25.9. The minimum absolute atomic E-state index is 0.0203. The first-order chi connectivity index (χ1) is 10.5. The summed E-state index contributed by atoms with van der Waals surface area (Å²) in [7, 11) is 0. The van der Waals surface area contributed by atoms with Crippen molar-refractivity contribution in [2.45, 2.75) is 39.2 Å². The van der Waals surface area contributed by atoms with E-state index in [0.29, 0.717) is 12.5 Å². The molecule has 0 bridgehead atoms. The van der Waals surface area contributed by atoms with Crippen LogP contribution in [0.5, 0.6) is 0 Å². The largest absolute Gasteiger partial charge is 0.345 e. The minimum atomic E-state index is -0.375. The summed E-state index contributed by atoms with van der Waals surface area (Å²) in [6.07, 6.45) is 1.08. The molecule has 4 heteroatoms. The maximum absolute atomic E-state index is 12.2. The molecule has 1 aromatic rings. The van der Waals surface area contributed by atoms with Crippen molar-refractivity contribution in [2.24, 2.45) is 5.92 Å². The Kier molecular flexibility index (Phi) is 5.72. The van der Waals surface area contributed by atoms with E-state index >= 15 is 0 Å². The fraction of sp³-hybridized carbons (Fsp3) is 0.556. The van der Waals surface area contributed by atoms with Crippen molar-refractivity contribution in [1.82, 2.24) is 10.2 Å². The number of likely N-dealkylation sites (tertiary alicyclic amines) is 1. The van der Waals surface area contributed by atoms with Gasteiger partial charge in [0, 0.05) is 6.54 Å². The average molecular weight is 302 g/mol. The summed E-state index contributed by atoms with van der Waals surface area (Å²) in [5.74, 6) is 0.592. The summed E-state index contributed by atoms with van der Waals surface area (Å²) in [6.45, 7) is 7.65. The molecule has 22 heavy (non-hydrogen) atoms. The van der Waals surface area contributed by atoms with Crippen LogP contribution in [-0.4, -0.2) is 42.3 Å². The lowest BCUT2D eigenvalue weighted by Gasteiger charge is -2.22. The van der Waals surface area contributed by atoms with E-state index in [1.807, 2.05) is 19.9 Å². The molecule has 0 spiro atoms. The van der Waals surface area contributed by atoms with Gasteiger partial charge in [-0.1, -0.05) is 44.2 Å². The summed E-state index contributed by atoms with van der Waals surface area (Å²) in [6, 6.07) is 10.1. The molecule has 0 aliphatic carbocycles. The Bertz CT molecular complexity index is 513. The number of Topliss-reactive ketones (excluding diaryl/α,β-unsaturated/α-hetero) is 1. The van der Waals surface area contributed by atoms with E-state index in [2.05, 4.69) is 34.5 Å². The number of nitrogens with zero attached hydrogens (tertiary/aromatic N) is 1. The van der Waals surface area contributed by atoms with Gasteiger partial charge in [-0.3, -0.25) is 14.5 Å². The third-order valence-electron chi connectivity index (χ3n) is 4.33. The van der Waals surface area contributed by atoms with Gasteiger partial charge in [0.15, 0.2) is 5.78 Å². The fourth-order valence-corrected chi connectivity index (χ4v) is 3.13. The molecule has 0 saturated carbocycles. The number of benzene rings is 1. The van der Waals surface area contributed by atoms with Crippen LogP contribution < -0.4 is 5.32 Å². The molecule has 2 rings (SSSR count). The van der Waals surface area contributed by atoms with Gasteiger partial charge in [-0.2, -0.15) is 0 Å². The Balaban J connectivity index is 1.85. The summed E-state index contributed by atoms with van der Waals surface area (Å²) < 4.78 is 0. The van der Waals surface area contributed by atoms with E-state index in [0.717, 1.165) is 19.5 Å². The Hall–Kier alpha value is -1.68. The first-order valence-corrected chi connectivity index (χ1v) is 8.04. The molecule has 1 aliphatic heterocycles. The van der Waals surface area contributed by atoms with E-state index in [-0.39, 0.29) is 23.7 Å². The molecule has 0 unspecified atom stereocenters. The van der Waals surface area contributed by atoms with Crippen LogP contribution in [0, 0.1) is 5.92 Å². The van der Waals surface area contributed by atoms with Gasteiger partial charge in [0.1, 0.15) is 0 Å². The second-order valence-corrected chi connectivity index (χ2v) is 6.53. The van der Waals surface area contributed by atoms with Crippen molar-refractivity contribution in [3.8, 4) is 0 Å². The molecule has 1 aromatic carbocycles. The number of rotatable bonds is 6. The first kappa shape index (κ1) is 16.7. The molecular formula is C18H26N2O2. The number of nitrogens with one attached hydrogen (secondary N) is 1. The molecule has 1 saturated heterocycles. The quantitative estimate of drug-likeness (QED) is 0.876. The first-order valence-electron chi connectivity index (χ1n) is 8.04. The van der Waals surface area contributed by atoms with E-state index in [1.165, 1.54) is 12.5 Å². The standard InChI is InChI=1S/C18H26N2O2/c1-13(2)18(14(3)21)19-17(22)12-20-10-9-16(11-20)15-7-5-4-6-8-15/h4-8,13,16,18H,9-12H2,1-3H3,(H,19,22)/t16-,18+/m1/s1. The minimum Gasteiger partial charge on any atom is -0.345 e. The molecule has 120 valence electrons. The van der Waals surface area contributed by atoms with Crippen LogP contribution >= 0.6 is 0 Å². The zero-order valence-corrected chi connectivity index (χ0v) is 13.7. The fourth-order valence-electron chi connectivity index (χ4n) is 3.13. The van der Waals surface area contributed by atoms with Crippen LogP contribution in [0.15, 0.2) is 30.3 Å². The lowest BCUT2D eigenvalue weighted by molar-refractivity contribution is -0.128. The van der Waals surface area contributed by atoms with Gasteiger partial charge < -0.3 is 5.32 Å². The number of carbonyl (C=O) groups excluding carboxylic acids is 2. The van der Waals surface area contributed by atoms with Crippen molar-refractivity contribution in [1.29, 1.82) is 0 Å². The highest BCUT2D eigenvalue weighted by Crippen LogP contribution is 2.26. The Labute approximate surface area is 132 Å². The molecule has 0 radical (unpaired) electrons. The molecule has 1 heterocycles. The average Bonchev–Trinajstić information content (AvgIpc) is 2.93. The second kappa shape index (κ2) is 7.54. The maximum Gasteiger partial charge on any atom is 0.234 e. The summed E-state index contributed by atoms with van der Waals surface area (Å²) >= 11 is 0. The highest BCUT2D eigenvalue weighted by Gasteiger charge is 2.27. The Morgan fingerprint density at radius 2 is 1.95 bits per heavy atom. The van der Waals surface area contributed by atoms with E-state index in [4.69, 9.17) is 0 Å². The molecule has 1 aliphatic rings. The van der Waals surface area contributed by atoms with Crippen LogP contribution in [0.25, 0.3) is 0 Å². The number of amides is 1. The zero-order chi connectivity index (χ0) is 16.1. The number of carbonyl (C=O) groups is 2. The summed E-state index contributed by atoms with van der Waals surface area (Å²) in [5, 5.41) is 2.87. The molecule has 0 aromatic heterocycles. The number of hydrogen-bond acceptors (Lipinski definition) is 3. The SMILES string of the molecule is CC(=O)[C@@H](NC(=O)CN1CC[C@@H](c2ccccc2)C1)C(C)C. The highest BCUT2D eigenvalue weighted by atomic mass is 16.2. The number of ketones is 1. The van der Waals surface area contributed by atoms with E-state index in [9.17, 15) is 9.59 Å². The predicted octanol–water partition coefficient (Wildman–Crippen LogP) is 2.21. The van der Waals surface area contributed by atoms with E-state index in [1.54, 1.807) is 0 Å². The van der Waals surface area contributed by atoms with Gasteiger partial charge in [0.25, 0.3) is 0 Å². The van der Waals surface area contributed by atoms with Gasteiger partial charge in [0.2, 0.25) is 5.91 Å². The van der Waals surface area contributed by atoms with Gasteiger partial charge in [-0.25, -0.2) is 0 Å². The van der Waals surface area contributed by atoms with Crippen LogP contribution in [-0.2, 0) is 9.59 Å².